The highest BCUT2D eigenvalue weighted by molar-refractivity contribution is 5.96. The molecule has 0 spiro atoms. The van der Waals surface area contributed by atoms with E-state index in [0.29, 0.717) is 36.4 Å². The molecule has 0 aromatic heterocycles. The summed E-state index contributed by atoms with van der Waals surface area (Å²) in [6.45, 7) is 4.02. The molecule has 2 aromatic carbocycles. The first kappa shape index (κ1) is 19.5. The Hall–Kier alpha value is -2.82. The molecule has 1 atom stereocenters. The van der Waals surface area contributed by atoms with E-state index in [2.05, 4.69) is 5.32 Å². The van der Waals surface area contributed by atoms with E-state index in [1.54, 1.807) is 6.07 Å². The number of benzene rings is 2. The van der Waals surface area contributed by atoms with Crippen LogP contribution in [0.3, 0.4) is 0 Å². The van der Waals surface area contributed by atoms with Crippen molar-refractivity contribution in [1.29, 1.82) is 0 Å². The zero-order valence-corrected chi connectivity index (χ0v) is 16.9. The Balaban J connectivity index is 1.33. The van der Waals surface area contributed by atoms with Crippen molar-refractivity contribution in [1.82, 2.24) is 10.2 Å². The Morgan fingerprint density at radius 3 is 2.72 bits per heavy atom. The van der Waals surface area contributed by atoms with Crippen LogP contribution < -0.4 is 10.1 Å². The zero-order valence-electron chi connectivity index (χ0n) is 16.9. The van der Waals surface area contributed by atoms with Gasteiger partial charge in [-0.1, -0.05) is 24.3 Å². The quantitative estimate of drug-likeness (QED) is 0.813. The van der Waals surface area contributed by atoms with Crippen LogP contribution in [0.4, 0.5) is 0 Å². The van der Waals surface area contributed by atoms with Crippen LogP contribution in [0.5, 0.6) is 5.75 Å². The number of carbonyl (C=O) groups excluding carboxylic acids is 2. The summed E-state index contributed by atoms with van der Waals surface area (Å²) in [5, 5.41) is 3.00. The van der Waals surface area contributed by atoms with Crippen molar-refractivity contribution in [3.8, 4) is 5.75 Å². The molecule has 29 heavy (non-hydrogen) atoms. The van der Waals surface area contributed by atoms with Crippen LogP contribution >= 0.6 is 0 Å². The fourth-order valence-corrected chi connectivity index (χ4v) is 3.81. The third-order valence-electron chi connectivity index (χ3n) is 5.68. The molecule has 1 saturated carbocycles. The van der Waals surface area contributed by atoms with Crippen molar-refractivity contribution in [2.24, 2.45) is 5.92 Å². The molecule has 2 aromatic rings. The number of piperidine rings is 1. The van der Waals surface area contributed by atoms with Crippen molar-refractivity contribution < 1.29 is 14.3 Å². The van der Waals surface area contributed by atoms with Crippen LogP contribution in [0.25, 0.3) is 0 Å². The van der Waals surface area contributed by atoms with Gasteiger partial charge in [-0.05, 0) is 62.4 Å². The number of likely N-dealkylation sites (tertiary alicyclic amines) is 1. The minimum absolute atomic E-state index is 0.0365. The van der Waals surface area contributed by atoms with Gasteiger partial charge >= 0.3 is 0 Å². The number of hydrogen-bond donors (Lipinski definition) is 1. The lowest BCUT2D eigenvalue weighted by Crippen LogP contribution is -2.41. The number of nitrogens with one attached hydrogen (secondary N) is 1. The fraction of sp³-hybridized carbons (Fsp3) is 0.417. The van der Waals surface area contributed by atoms with E-state index in [1.165, 1.54) is 0 Å². The number of ether oxygens (including phenoxy) is 1. The number of rotatable bonds is 6. The smallest absolute Gasteiger partial charge is 0.254 e. The van der Waals surface area contributed by atoms with Crippen molar-refractivity contribution >= 4 is 11.8 Å². The minimum Gasteiger partial charge on any atom is -0.493 e. The summed E-state index contributed by atoms with van der Waals surface area (Å²) in [5.74, 6) is 1.06. The topological polar surface area (TPSA) is 58.6 Å². The summed E-state index contributed by atoms with van der Waals surface area (Å²) in [7, 11) is 0. The molecular weight excluding hydrogens is 364 g/mol. The third kappa shape index (κ3) is 4.97. The summed E-state index contributed by atoms with van der Waals surface area (Å²) in [4.78, 5) is 27.1. The van der Waals surface area contributed by atoms with Crippen LogP contribution in [-0.2, 0) is 0 Å². The van der Waals surface area contributed by atoms with Crippen molar-refractivity contribution in [2.75, 3.05) is 19.7 Å². The maximum absolute atomic E-state index is 12.9. The van der Waals surface area contributed by atoms with E-state index in [-0.39, 0.29) is 11.8 Å². The Labute approximate surface area is 172 Å². The maximum Gasteiger partial charge on any atom is 0.254 e. The number of amides is 2. The second-order valence-corrected chi connectivity index (χ2v) is 8.16. The highest BCUT2D eigenvalue weighted by atomic mass is 16.5. The third-order valence-corrected chi connectivity index (χ3v) is 5.68. The summed E-state index contributed by atoms with van der Waals surface area (Å²) in [6.07, 6.45) is 4.16. The second kappa shape index (κ2) is 8.68. The lowest BCUT2D eigenvalue weighted by Gasteiger charge is -2.33. The standard InChI is InChI=1S/C24H28N2O3/c1-17-6-2-3-10-22(17)24(28)26-13-5-7-18(15-26)16-29-21-9-4-8-19(14-21)23(27)25-20-11-12-20/h2-4,6,8-10,14,18,20H,5,7,11-13,15-16H2,1H3,(H,25,27)/t18-/m1/s1. The van der Waals surface area contributed by atoms with Gasteiger partial charge in [-0.15, -0.1) is 0 Å². The fourth-order valence-electron chi connectivity index (χ4n) is 3.81. The molecule has 0 bridgehead atoms. The van der Waals surface area contributed by atoms with Crippen molar-refractivity contribution in [2.45, 2.75) is 38.6 Å². The first-order valence-electron chi connectivity index (χ1n) is 10.5. The molecule has 4 rings (SSSR count). The van der Waals surface area contributed by atoms with E-state index in [0.717, 1.165) is 43.4 Å². The van der Waals surface area contributed by atoms with Gasteiger partial charge in [0.15, 0.2) is 0 Å². The molecule has 2 amide bonds. The Kier molecular flexibility index (Phi) is 5.84. The Bertz CT molecular complexity index is 891. The van der Waals surface area contributed by atoms with Gasteiger partial charge in [0, 0.05) is 36.2 Å². The first-order chi connectivity index (χ1) is 14.1. The summed E-state index contributed by atoms with van der Waals surface area (Å²) < 4.78 is 6.00. The largest absolute Gasteiger partial charge is 0.493 e. The number of nitrogens with zero attached hydrogens (tertiary/aromatic N) is 1. The zero-order chi connectivity index (χ0) is 20.2. The average Bonchev–Trinajstić information content (AvgIpc) is 3.56. The van der Waals surface area contributed by atoms with Gasteiger partial charge in [-0.25, -0.2) is 0 Å². The average molecular weight is 392 g/mol. The van der Waals surface area contributed by atoms with Crippen molar-refractivity contribution in [3.05, 3.63) is 65.2 Å². The molecule has 1 aliphatic heterocycles. The molecule has 1 aliphatic carbocycles. The summed E-state index contributed by atoms with van der Waals surface area (Å²) in [6, 6.07) is 15.4. The summed E-state index contributed by atoms with van der Waals surface area (Å²) >= 11 is 0. The monoisotopic (exact) mass is 392 g/mol. The number of aryl methyl sites for hydroxylation is 1. The highest BCUT2D eigenvalue weighted by Crippen LogP contribution is 2.23. The van der Waals surface area contributed by atoms with E-state index in [4.69, 9.17) is 4.74 Å². The molecule has 152 valence electrons. The predicted molar refractivity (Wildman–Crippen MR) is 112 cm³/mol. The lowest BCUT2D eigenvalue weighted by molar-refractivity contribution is 0.0632. The van der Waals surface area contributed by atoms with Gasteiger partial charge in [0.2, 0.25) is 0 Å². The van der Waals surface area contributed by atoms with Crippen LogP contribution in [0.15, 0.2) is 48.5 Å². The number of carbonyl (C=O) groups is 2. The van der Waals surface area contributed by atoms with Gasteiger partial charge in [0.1, 0.15) is 5.75 Å². The van der Waals surface area contributed by atoms with Gasteiger partial charge < -0.3 is 15.0 Å². The normalized spacial score (nSPS) is 18.9. The molecule has 0 unspecified atom stereocenters. The number of hydrogen-bond acceptors (Lipinski definition) is 3. The van der Waals surface area contributed by atoms with Crippen LogP contribution in [0.1, 0.15) is 52.0 Å². The molecule has 5 heteroatoms. The second-order valence-electron chi connectivity index (χ2n) is 8.16. The van der Waals surface area contributed by atoms with Gasteiger partial charge in [0.05, 0.1) is 6.61 Å². The Morgan fingerprint density at radius 1 is 1.10 bits per heavy atom. The summed E-state index contributed by atoms with van der Waals surface area (Å²) in [5.41, 5.74) is 2.43. The van der Waals surface area contributed by atoms with Gasteiger partial charge in [0.25, 0.3) is 11.8 Å². The predicted octanol–water partition coefficient (Wildman–Crippen LogP) is 3.82. The van der Waals surface area contributed by atoms with Crippen LogP contribution in [-0.4, -0.2) is 42.5 Å². The first-order valence-corrected chi connectivity index (χ1v) is 10.5. The molecule has 2 aliphatic rings. The van der Waals surface area contributed by atoms with E-state index in [1.807, 2.05) is 54.3 Å². The minimum atomic E-state index is -0.0365. The van der Waals surface area contributed by atoms with Crippen molar-refractivity contribution in [3.63, 3.8) is 0 Å². The van der Waals surface area contributed by atoms with Gasteiger partial charge in [-0.3, -0.25) is 9.59 Å². The van der Waals surface area contributed by atoms with E-state index < -0.39 is 0 Å². The molecule has 2 fully saturated rings. The Morgan fingerprint density at radius 2 is 1.93 bits per heavy atom. The molecular formula is C24H28N2O3. The van der Waals surface area contributed by atoms with E-state index in [9.17, 15) is 9.59 Å². The SMILES string of the molecule is Cc1ccccc1C(=O)N1CCC[C@@H](COc2cccc(C(=O)NC3CC3)c2)C1. The molecule has 1 saturated heterocycles. The van der Waals surface area contributed by atoms with Gasteiger partial charge in [-0.2, -0.15) is 0 Å². The molecule has 1 heterocycles. The van der Waals surface area contributed by atoms with Crippen LogP contribution in [0.2, 0.25) is 0 Å². The maximum atomic E-state index is 12.9. The van der Waals surface area contributed by atoms with E-state index >= 15 is 0 Å². The molecule has 1 N–H and O–H groups in total. The highest BCUT2D eigenvalue weighted by Gasteiger charge is 2.26. The van der Waals surface area contributed by atoms with Crippen LogP contribution in [0, 0.1) is 12.8 Å². The lowest BCUT2D eigenvalue weighted by atomic mass is 9.97. The molecule has 5 nitrogen and oxygen atoms in total. The molecule has 0 radical (unpaired) electrons.